The van der Waals surface area contributed by atoms with E-state index in [1.54, 1.807) is 51.1 Å². The Kier molecular flexibility index (Phi) is 9.45. The molecule has 0 aliphatic carbocycles. The van der Waals surface area contributed by atoms with E-state index in [2.05, 4.69) is 21.9 Å². The lowest BCUT2D eigenvalue weighted by Gasteiger charge is -2.26. The standard InChI is InChI=1S/C22H30N6O7S/c1-5-9-17-13-28(36(32,33)25-18(29)12-24-20(31)35-21(2,3)4)15-22(17,26-27-23)19(30)34-14-16-10-7-6-8-11-16/h5-8,10-11,17H,1,9,12-15H2,2-4H3,(H,24,31)(H,25,29)/t17-,22?/m0/s1. The Morgan fingerprint density at radius 3 is 2.56 bits per heavy atom. The molecule has 2 atom stereocenters. The van der Waals surface area contributed by atoms with Crippen LogP contribution in [0.5, 0.6) is 0 Å². The lowest BCUT2D eigenvalue weighted by atomic mass is 9.85. The van der Waals surface area contributed by atoms with E-state index in [0.717, 1.165) is 4.31 Å². The fourth-order valence-electron chi connectivity index (χ4n) is 3.54. The monoisotopic (exact) mass is 522 g/mol. The third-order valence-electron chi connectivity index (χ3n) is 5.13. The number of benzene rings is 1. The number of ether oxygens (including phenoxy) is 2. The average molecular weight is 523 g/mol. The Hall–Kier alpha value is -3.61. The summed E-state index contributed by atoms with van der Waals surface area (Å²) >= 11 is 0. The molecule has 2 N–H and O–H groups in total. The molecule has 1 aliphatic heterocycles. The molecule has 36 heavy (non-hydrogen) atoms. The molecule has 1 aliphatic rings. The number of carbonyl (C=O) groups excluding carboxylic acids is 3. The van der Waals surface area contributed by atoms with Crippen molar-refractivity contribution in [2.24, 2.45) is 11.0 Å². The van der Waals surface area contributed by atoms with Gasteiger partial charge in [-0.1, -0.05) is 41.5 Å². The second kappa shape index (κ2) is 11.9. The van der Waals surface area contributed by atoms with E-state index in [9.17, 15) is 28.3 Å². The summed E-state index contributed by atoms with van der Waals surface area (Å²) in [5.41, 5.74) is 7.20. The first-order valence-electron chi connectivity index (χ1n) is 11.0. The Labute approximate surface area is 209 Å². The number of azide groups is 1. The van der Waals surface area contributed by atoms with Gasteiger partial charge in [0.15, 0.2) is 5.54 Å². The Morgan fingerprint density at radius 1 is 1.31 bits per heavy atom. The maximum atomic E-state index is 13.1. The lowest BCUT2D eigenvalue weighted by molar-refractivity contribution is -0.152. The quantitative estimate of drug-likeness (QED) is 0.155. The Balaban J connectivity index is 2.15. The fourth-order valence-corrected chi connectivity index (χ4v) is 4.77. The molecule has 0 saturated carbocycles. The maximum absolute atomic E-state index is 13.1. The number of amides is 2. The zero-order valence-electron chi connectivity index (χ0n) is 20.3. The molecule has 13 nitrogen and oxygen atoms in total. The van der Waals surface area contributed by atoms with Crippen molar-refractivity contribution in [2.75, 3.05) is 19.6 Å². The van der Waals surface area contributed by atoms with Crippen molar-refractivity contribution in [3.05, 3.63) is 59.0 Å². The van der Waals surface area contributed by atoms with Crippen molar-refractivity contribution in [1.82, 2.24) is 14.3 Å². The smallest absolute Gasteiger partial charge is 0.408 e. The molecule has 1 saturated heterocycles. The van der Waals surface area contributed by atoms with Crippen LogP contribution in [0.15, 0.2) is 48.1 Å². The third-order valence-corrected chi connectivity index (χ3v) is 6.58. The number of nitrogens with one attached hydrogen (secondary N) is 2. The molecule has 196 valence electrons. The van der Waals surface area contributed by atoms with Crippen LogP contribution in [0.4, 0.5) is 4.79 Å². The Bertz CT molecular complexity index is 1130. The van der Waals surface area contributed by atoms with Crippen molar-refractivity contribution >= 4 is 28.2 Å². The summed E-state index contributed by atoms with van der Waals surface area (Å²) in [6.45, 7) is 6.95. The number of nitrogens with zero attached hydrogens (tertiary/aromatic N) is 4. The highest BCUT2D eigenvalue weighted by Crippen LogP contribution is 2.37. The van der Waals surface area contributed by atoms with Crippen molar-refractivity contribution in [3.63, 3.8) is 0 Å². The largest absolute Gasteiger partial charge is 0.460 e. The van der Waals surface area contributed by atoms with E-state index in [0.29, 0.717) is 5.56 Å². The molecule has 1 aromatic carbocycles. The first kappa shape index (κ1) is 28.6. The van der Waals surface area contributed by atoms with Gasteiger partial charge in [-0.2, -0.15) is 12.7 Å². The molecule has 0 radical (unpaired) electrons. The predicted octanol–water partition coefficient (Wildman–Crippen LogP) is 2.17. The molecule has 1 aromatic rings. The lowest BCUT2D eigenvalue weighted by Crippen LogP contribution is -2.49. The number of alkyl carbamates (subject to hydrolysis) is 1. The molecular formula is C22H30N6O7S. The SMILES string of the molecule is C=CC[C@H]1CN(S(=O)(=O)NC(=O)CNC(=O)OC(C)(C)C)CC1(N=[N+]=[N-])C(=O)OCc1ccccc1. The molecular weight excluding hydrogens is 492 g/mol. The van der Waals surface area contributed by atoms with Gasteiger partial charge < -0.3 is 14.8 Å². The van der Waals surface area contributed by atoms with Crippen LogP contribution >= 0.6 is 0 Å². The number of rotatable bonds is 10. The minimum Gasteiger partial charge on any atom is -0.460 e. The van der Waals surface area contributed by atoms with Crippen molar-refractivity contribution in [2.45, 2.75) is 44.9 Å². The van der Waals surface area contributed by atoms with Gasteiger partial charge in [0.05, 0.1) is 0 Å². The zero-order valence-corrected chi connectivity index (χ0v) is 21.2. The summed E-state index contributed by atoms with van der Waals surface area (Å²) in [7, 11) is -4.47. The third kappa shape index (κ3) is 7.70. The molecule has 1 unspecified atom stereocenters. The van der Waals surface area contributed by atoms with Crippen LogP contribution in [0.25, 0.3) is 10.4 Å². The molecule has 1 heterocycles. The highest BCUT2D eigenvalue weighted by Gasteiger charge is 2.55. The number of hydrogen-bond donors (Lipinski definition) is 2. The summed E-state index contributed by atoms with van der Waals surface area (Å²) in [5, 5.41) is 5.83. The van der Waals surface area contributed by atoms with Gasteiger partial charge in [-0.25, -0.2) is 9.52 Å². The van der Waals surface area contributed by atoms with E-state index in [1.807, 2.05) is 4.72 Å². The first-order chi connectivity index (χ1) is 16.8. The minimum atomic E-state index is -4.47. The van der Waals surface area contributed by atoms with Gasteiger partial charge in [-0.15, -0.1) is 6.58 Å². The van der Waals surface area contributed by atoms with Crippen LogP contribution in [0, 0.1) is 5.92 Å². The van der Waals surface area contributed by atoms with Gasteiger partial charge in [0, 0.05) is 18.0 Å². The van der Waals surface area contributed by atoms with Crippen LogP contribution in [0.2, 0.25) is 0 Å². The summed E-state index contributed by atoms with van der Waals surface area (Å²) < 4.78 is 38.8. The summed E-state index contributed by atoms with van der Waals surface area (Å²) in [5.74, 6) is -2.72. The minimum absolute atomic E-state index is 0.108. The van der Waals surface area contributed by atoms with Crippen molar-refractivity contribution in [3.8, 4) is 0 Å². The highest BCUT2D eigenvalue weighted by atomic mass is 32.2. The number of hydrogen-bond acceptors (Lipinski definition) is 8. The molecule has 0 spiro atoms. The van der Waals surface area contributed by atoms with Crippen LogP contribution in [-0.2, 0) is 35.9 Å². The van der Waals surface area contributed by atoms with Crippen LogP contribution < -0.4 is 10.0 Å². The van der Waals surface area contributed by atoms with E-state index >= 15 is 0 Å². The normalized spacial score (nSPS) is 20.0. The summed E-state index contributed by atoms with van der Waals surface area (Å²) in [6.07, 6.45) is 0.710. The molecule has 0 bridgehead atoms. The first-order valence-corrected chi connectivity index (χ1v) is 12.4. The summed E-state index contributed by atoms with van der Waals surface area (Å²) in [4.78, 5) is 39.8. The molecule has 1 fully saturated rings. The predicted molar refractivity (Wildman–Crippen MR) is 129 cm³/mol. The van der Waals surface area contributed by atoms with Gasteiger partial charge >= 0.3 is 22.3 Å². The second-order valence-electron chi connectivity index (χ2n) is 9.07. The Morgan fingerprint density at radius 2 is 1.97 bits per heavy atom. The van der Waals surface area contributed by atoms with Gasteiger partial charge in [0.2, 0.25) is 0 Å². The van der Waals surface area contributed by atoms with E-state index in [4.69, 9.17) is 9.47 Å². The average Bonchev–Trinajstić information content (AvgIpc) is 3.16. The number of esters is 1. The van der Waals surface area contributed by atoms with Gasteiger partial charge in [-0.05, 0) is 44.2 Å². The van der Waals surface area contributed by atoms with Crippen LogP contribution in [-0.4, -0.2) is 61.5 Å². The van der Waals surface area contributed by atoms with E-state index in [-0.39, 0.29) is 19.6 Å². The topological polar surface area (TPSA) is 180 Å². The maximum Gasteiger partial charge on any atom is 0.408 e. The van der Waals surface area contributed by atoms with Gasteiger partial charge in [0.25, 0.3) is 5.91 Å². The number of carbonyl (C=O) groups is 3. The van der Waals surface area contributed by atoms with E-state index < -0.39 is 58.3 Å². The molecule has 2 rings (SSSR count). The summed E-state index contributed by atoms with van der Waals surface area (Å²) in [6, 6.07) is 8.79. The second-order valence-corrected chi connectivity index (χ2v) is 10.7. The number of allylic oxidation sites excluding steroid dienone is 1. The molecule has 2 amide bonds. The van der Waals surface area contributed by atoms with Gasteiger partial charge in [0.1, 0.15) is 18.8 Å². The fraction of sp³-hybridized carbons (Fsp3) is 0.500. The van der Waals surface area contributed by atoms with Crippen LogP contribution in [0.1, 0.15) is 32.8 Å². The van der Waals surface area contributed by atoms with E-state index in [1.165, 1.54) is 6.08 Å². The zero-order chi connectivity index (χ0) is 27.0. The van der Waals surface area contributed by atoms with Crippen molar-refractivity contribution < 1.29 is 32.3 Å². The highest BCUT2D eigenvalue weighted by molar-refractivity contribution is 7.87. The van der Waals surface area contributed by atoms with Crippen molar-refractivity contribution in [1.29, 1.82) is 0 Å². The van der Waals surface area contributed by atoms with Crippen LogP contribution in [0.3, 0.4) is 0 Å². The molecule has 0 aromatic heterocycles. The molecule has 14 heteroatoms. The van der Waals surface area contributed by atoms with Gasteiger partial charge in [-0.3, -0.25) is 9.59 Å².